The van der Waals surface area contributed by atoms with Gasteiger partial charge in [-0.05, 0) is 42.7 Å². The van der Waals surface area contributed by atoms with E-state index in [-0.39, 0.29) is 11.3 Å². The Hall–Kier alpha value is -1.34. The Morgan fingerprint density at radius 2 is 1.83 bits per heavy atom. The maximum absolute atomic E-state index is 6.63. The van der Waals surface area contributed by atoms with E-state index in [4.69, 9.17) is 11.6 Å². The number of hydrogen-bond acceptors (Lipinski definition) is 1. The molecule has 2 rings (SSSR count). The van der Waals surface area contributed by atoms with Crippen LogP contribution in [0.5, 0.6) is 0 Å². The van der Waals surface area contributed by atoms with E-state index < -0.39 is 0 Å². The molecule has 0 spiro atoms. The molecule has 2 unspecified atom stereocenters. The summed E-state index contributed by atoms with van der Waals surface area (Å²) in [6.45, 7) is 6.38. The summed E-state index contributed by atoms with van der Waals surface area (Å²) in [4.78, 5) is 4.39. The van der Waals surface area contributed by atoms with Gasteiger partial charge in [0, 0.05) is 17.8 Å². The molecule has 0 fully saturated rings. The highest BCUT2D eigenvalue weighted by atomic mass is 35.5. The second kappa shape index (κ2) is 5.53. The highest BCUT2D eigenvalue weighted by Gasteiger charge is 2.21. The Morgan fingerprint density at radius 1 is 1.06 bits per heavy atom. The maximum Gasteiger partial charge on any atom is 0.0668 e. The molecule has 0 aliphatic rings. The van der Waals surface area contributed by atoms with E-state index in [0.29, 0.717) is 0 Å². The van der Waals surface area contributed by atoms with Crippen LogP contribution in [0.15, 0.2) is 42.6 Å². The van der Waals surface area contributed by atoms with Crippen molar-refractivity contribution in [3.8, 4) is 0 Å². The van der Waals surface area contributed by atoms with Crippen LogP contribution in [0.25, 0.3) is 0 Å². The van der Waals surface area contributed by atoms with Crippen LogP contribution in [0, 0.1) is 13.8 Å². The van der Waals surface area contributed by atoms with Crippen molar-refractivity contribution in [3.63, 3.8) is 0 Å². The van der Waals surface area contributed by atoms with Gasteiger partial charge in [0.1, 0.15) is 0 Å². The van der Waals surface area contributed by atoms with Gasteiger partial charge in [-0.15, -0.1) is 11.6 Å². The number of rotatable bonds is 3. The summed E-state index contributed by atoms with van der Waals surface area (Å²) in [5.74, 6) is 0.202. The minimum Gasteiger partial charge on any atom is -0.261 e. The van der Waals surface area contributed by atoms with Crippen LogP contribution in [-0.4, -0.2) is 4.98 Å². The molecule has 1 aromatic heterocycles. The molecular weight excluding hydrogens is 242 g/mol. The van der Waals surface area contributed by atoms with E-state index in [0.717, 1.165) is 5.69 Å². The van der Waals surface area contributed by atoms with Crippen molar-refractivity contribution in [1.82, 2.24) is 4.98 Å². The lowest BCUT2D eigenvalue weighted by atomic mass is 9.92. The first-order valence-electron chi connectivity index (χ1n) is 6.22. The second-order valence-electron chi connectivity index (χ2n) is 4.73. The van der Waals surface area contributed by atoms with Crippen LogP contribution in [0.1, 0.15) is 40.6 Å². The summed E-state index contributed by atoms with van der Waals surface area (Å²) in [5.41, 5.74) is 4.81. The molecule has 1 aromatic carbocycles. The molecule has 0 saturated carbocycles. The predicted molar refractivity (Wildman–Crippen MR) is 77.2 cm³/mol. The number of benzene rings is 1. The molecule has 2 atom stereocenters. The Balaban J connectivity index is 2.31. The van der Waals surface area contributed by atoms with Gasteiger partial charge in [0.05, 0.1) is 5.38 Å². The molecule has 0 radical (unpaired) electrons. The third-order valence-electron chi connectivity index (χ3n) is 3.54. The molecule has 18 heavy (non-hydrogen) atoms. The van der Waals surface area contributed by atoms with Crippen molar-refractivity contribution in [2.75, 3.05) is 0 Å². The van der Waals surface area contributed by atoms with Crippen LogP contribution in [0.2, 0.25) is 0 Å². The van der Waals surface area contributed by atoms with Gasteiger partial charge in [-0.2, -0.15) is 0 Å². The normalized spacial score (nSPS) is 14.2. The van der Waals surface area contributed by atoms with Gasteiger partial charge >= 0.3 is 0 Å². The first-order valence-corrected chi connectivity index (χ1v) is 6.66. The molecule has 0 bridgehead atoms. The van der Waals surface area contributed by atoms with Crippen molar-refractivity contribution in [3.05, 3.63) is 65.0 Å². The number of alkyl halides is 1. The molecule has 1 heterocycles. The van der Waals surface area contributed by atoms with E-state index in [1.165, 1.54) is 16.7 Å². The van der Waals surface area contributed by atoms with Crippen molar-refractivity contribution in [2.24, 2.45) is 0 Å². The third kappa shape index (κ3) is 2.56. The van der Waals surface area contributed by atoms with Crippen LogP contribution in [-0.2, 0) is 0 Å². The topological polar surface area (TPSA) is 12.9 Å². The van der Waals surface area contributed by atoms with Crippen LogP contribution in [0.4, 0.5) is 0 Å². The molecule has 0 aliphatic heterocycles. The molecule has 94 valence electrons. The molecular formula is C16H18ClN. The molecule has 0 aliphatic carbocycles. The molecule has 0 N–H and O–H groups in total. The molecule has 0 amide bonds. The smallest absolute Gasteiger partial charge is 0.0668 e. The summed E-state index contributed by atoms with van der Waals surface area (Å²) >= 11 is 6.63. The third-order valence-corrected chi connectivity index (χ3v) is 4.15. The summed E-state index contributed by atoms with van der Waals surface area (Å²) < 4.78 is 0. The second-order valence-corrected chi connectivity index (χ2v) is 5.20. The van der Waals surface area contributed by atoms with Gasteiger partial charge in [-0.1, -0.05) is 31.2 Å². The number of pyridine rings is 1. The fourth-order valence-corrected chi connectivity index (χ4v) is 2.50. The summed E-state index contributed by atoms with van der Waals surface area (Å²) in [6.07, 6.45) is 1.82. The van der Waals surface area contributed by atoms with Crippen LogP contribution < -0.4 is 0 Å². The zero-order valence-corrected chi connectivity index (χ0v) is 11.8. The Labute approximate surface area is 114 Å². The summed E-state index contributed by atoms with van der Waals surface area (Å²) in [5, 5.41) is -0.0419. The number of halogens is 1. The zero-order valence-electron chi connectivity index (χ0n) is 11.0. The highest BCUT2D eigenvalue weighted by Crippen LogP contribution is 2.37. The minimum absolute atomic E-state index is 0.0419. The quantitative estimate of drug-likeness (QED) is 0.723. The zero-order chi connectivity index (χ0) is 13.1. The number of nitrogens with zero attached hydrogens (tertiary/aromatic N) is 1. The SMILES string of the molecule is Cc1cccc(C(Cl)C(C)c2ccccn2)c1C. The summed E-state index contributed by atoms with van der Waals surface area (Å²) in [7, 11) is 0. The molecule has 2 aromatic rings. The Bertz CT molecular complexity index is 522. The van der Waals surface area contributed by atoms with Crippen molar-refractivity contribution in [1.29, 1.82) is 0 Å². The van der Waals surface area contributed by atoms with Gasteiger partial charge < -0.3 is 0 Å². The van der Waals surface area contributed by atoms with E-state index in [2.05, 4.69) is 44.0 Å². The molecule has 2 heteroatoms. The lowest BCUT2D eigenvalue weighted by Crippen LogP contribution is -2.06. The first-order chi connectivity index (χ1) is 8.61. The van der Waals surface area contributed by atoms with Crippen LogP contribution >= 0.6 is 11.6 Å². The molecule has 0 saturated heterocycles. The van der Waals surface area contributed by atoms with Gasteiger partial charge in [-0.3, -0.25) is 4.98 Å². The van der Waals surface area contributed by atoms with Crippen molar-refractivity contribution in [2.45, 2.75) is 32.1 Å². The van der Waals surface area contributed by atoms with Crippen molar-refractivity contribution < 1.29 is 0 Å². The minimum atomic E-state index is -0.0419. The van der Waals surface area contributed by atoms with Gasteiger partial charge in [-0.25, -0.2) is 0 Å². The van der Waals surface area contributed by atoms with E-state index >= 15 is 0 Å². The lowest BCUT2D eigenvalue weighted by Gasteiger charge is -2.20. The average Bonchev–Trinajstić information content (AvgIpc) is 2.41. The fourth-order valence-electron chi connectivity index (χ4n) is 2.14. The first kappa shape index (κ1) is 13.1. The number of aryl methyl sites for hydroxylation is 1. The van der Waals surface area contributed by atoms with Gasteiger partial charge in [0.15, 0.2) is 0 Å². The maximum atomic E-state index is 6.63. The average molecular weight is 260 g/mol. The van der Waals surface area contributed by atoms with Crippen LogP contribution in [0.3, 0.4) is 0 Å². The fraction of sp³-hybridized carbons (Fsp3) is 0.312. The van der Waals surface area contributed by atoms with Crippen molar-refractivity contribution >= 4 is 11.6 Å². The summed E-state index contributed by atoms with van der Waals surface area (Å²) in [6, 6.07) is 12.3. The largest absolute Gasteiger partial charge is 0.261 e. The van der Waals surface area contributed by atoms with E-state index in [1.54, 1.807) is 0 Å². The highest BCUT2D eigenvalue weighted by molar-refractivity contribution is 6.21. The van der Waals surface area contributed by atoms with E-state index in [9.17, 15) is 0 Å². The van der Waals surface area contributed by atoms with Gasteiger partial charge in [0.25, 0.3) is 0 Å². The number of hydrogen-bond donors (Lipinski definition) is 0. The standard InChI is InChI=1S/C16H18ClN/c1-11-7-6-8-14(12(11)2)16(17)13(3)15-9-4-5-10-18-15/h4-10,13,16H,1-3H3. The lowest BCUT2D eigenvalue weighted by molar-refractivity contribution is 0.703. The predicted octanol–water partition coefficient (Wildman–Crippen LogP) is 4.78. The van der Waals surface area contributed by atoms with E-state index in [1.807, 2.05) is 24.4 Å². The Kier molecular flexibility index (Phi) is 4.03. The van der Waals surface area contributed by atoms with Gasteiger partial charge in [0.2, 0.25) is 0 Å². The molecule has 1 nitrogen and oxygen atoms in total. The monoisotopic (exact) mass is 259 g/mol. The number of aromatic nitrogens is 1. The Morgan fingerprint density at radius 3 is 2.50 bits per heavy atom.